The number of aliphatic hydroxyl groups excluding tert-OH is 1. The lowest BCUT2D eigenvalue weighted by atomic mass is 10.2. The molecule has 1 unspecified atom stereocenters. The number of esters is 2. The van der Waals surface area contributed by atoms with E-state index in [0.29, 0.717) is 16.7 Å². The third-order valence-electron chi connectivity index (χ3n) is 4.12. The number of phenolic OH excluding ortho intramolecular Hbond substituents is 1. The topological polar surface area (TPSA) is 124 Å². The van der Waals surface area contributed by atoms with Crippen LogP contribution in [0.5, 0.6) is 5.75 Å². The summed E-state index contributed by atoms with van der Waals surface area (Å²) in [5.41, 5.74) is 2.73. The van der Waals surface area contributed by atoms with Gasteiger partial charge in [0.05, 0.1) is 5.56 Å². The van der Waals surface area contributed by atoms with Crippen LogP contribution in [0.1, 0.15) is 22.8 Å². The highest BCUT2D eigenvalue weighted by Gasteiger charge is 2.16. The first kappa shape index (κ1) is 21.0. The minimum Gasteiger partial charge on any atom is -0.506 e. The zero-order valence-electron chi connectivity index (χ0n) is 16.5. The van der Waals surface area contributed by atoms with Crippen LogP contribution in [0, 0.1) is 6.92 Å². The number of aromatic hydroxyl groups is 1. The summed E-state index contributed by atoms with van der Waals surface area (Å²) in [7, 11) is 0. The van der Waals surface area contributed by atoms with Gasteiger partial charge in [0.1, 0.15) is 41.8 Å². The Kier molecular flexibility index (Phi) is 6.12. The lowest BCUT2D eigenvalue weighted by Gasteiger charge is -2.12. The van der Waals surface area contributed by atoms with Crippen molar-refractivity contribution in [2.75, 3.05) is 13.2 Å². The van der Waals surface area contributed by atoms with Crippen LogP contribution in [-0.4, -0.2) is 56.5 Å². The largest absolute Gasteiger partial charge is 0.506 e. The van der Waals surface area contributed by atoms with Gasteiger partial charge in [-0.15, -0.1) is 15.0 Å². The van der Waals surface area contributed by atoms with E-state index in [1.54, 1.807) is 24.3 Å². The number of benzene rings is 2. The first-order valence-electron chi connectivity index (χ1n) is 9.09. The zero-order chi connectivity index (χ0) is 21.8. The maximum Gasteiger partial charge on any atom is 0.338 e. The molecule has 30 heavy (non-hydrogen) atoms. The average Bonchev–Trinajstić information content (AvgIpc) is 3.14. The Morgan fingerprint density at radius 2 is 1.80 bits per heavy atom. The number of ether oxygens (including phenoxy) is 2. The van der Waals surface area contributed by atoms with E-state index in [-0.39, 0.29) is 30.1 Å². The predicted molar refractivity (Wildman–Crippen MR) is 107 cm³/mol. The molecule has 1 atom stereocenters. The van der Waals surface area contributed by atoms with Gasteiger partial charge in [-0.2, -0.15) is 0 Å². The first-order chi connectivity index (χ1) is 14.2. The fourth-order valence-electron chi connectivity index (χ4n) is 2.54. The monoisotopic (exact) mass is 411 g/mol. The fraction of sp³-hybridized carbons (Fsp3) is 0.238. The molecule has 2 aromatic carbocycles. The van der Waals surface area contributed by atoms with Gasteiger partial charge in [-0.1, -0.05) is 12.6 Å². The van der Waals surface area contributed by atoms with Gasteiger partial charge in [0.15, 0.2) is 0 Å². The molecule has 0 spiro atoms. The van der Waals surface area contributed by atoms with Crippen molar-refractivity contribution in [1.82, 2.24) is 15.0 Å². The van der Waals surface area contributed by atoms with E-state index in [0.717, 1.165) is 5.56 Å². The van der Waals surface area contributed by atoms with Crippen LogP contribution in [0.4, 0.5) is 0 Å². The first-order valence-corrected chi connectivity index (χ1v) is 9.09. The molecule has 0 bridgehead atoms. The van der Waals surface area contributed by atoms with Crippen molar-refractivity contribution in [2.24, 2.45) is 0 Å². The third kappa shape index (κ3) is 4.81. The minimum atomic E-state index is -1.16. The molecule has 1 heterocycles. The van der Waals surface area contributed by atoms with Gasteiger partial charge in [-0.05, 0) is 49.7 Å². The van der Waals surface area contributed by atoms with E-state index in [9.17, 15) is 19.8 Å². The van der Waals surface area contributed by atoms with Crippen molar-refractivity contribution in [3.63, 3.8) is 0 Å². The molecular weight excluding hydrogens is 390 g/mol. The Hall–Kier alpha value is -3.72. The highest BCUT2D eigenvalue weighted by Crippen LogP contribution is 2.23. The molecule has 0 saturated heterocycles. The SMILES string of the molecule is C=C(C)C(=O)OCC(O)COC(=O)c1ccc2nn(-c3cc(C)ccc3O)nc2c1. The Morgan fingerprint density at radius 1 is 1.10 bits per heavy atom. The number of nitrogens with zero attached hydrogens (tertiary/aromatic N) is 3. The molecule has 0 aliphatic heterocycles. The number of phenols is 1. The van der Waals surface area contributed by atoms with Gasteiger partial charge in [0.25, 0.3) is 0 Å². The van der Waals surface area contributed by atoms with Crippen molar-refractivity contribution in [2.45, 2.75) is 20.0 Å². The summed E-state index contributed by atoms with van der Waals surface area (Å²) in [6.07, 6.45) is -1.16. The van der Waals surface area contributed by atoms with Crippen LogP contribution < -0.4 is 0 Å². The number of hydrogen-bond donors (Lipinski definition) is 2. The van der Waals surface area contributed by atoms with Crippen molar-refractivity contribution in [1.29, 1.82) is 0 Å². The summed E-state index contributed by atoms with van der Waals surface area (Å²) in [5, 5.41) is 28.5. The standard InChI is InChI=1S/C21H21N3O6/c1-12(2)20(27)29-10-15(25)11-30-21(28)14-5-6-16-17(9-14)23-24(22-16)18-8-13(3)4-7-19(18)26/h4-9,15,25-26H,1,10-11H2,2-3H3. The van der Waals surface area contributed by atoms with Crippen molar-refractivity contribution in [3.05, 3.63) is 59.7 Å². The molecule has 1 aromatic heterocycles. The van der Waals surface area contributed by atoms with E-state index in [1.807, 2.05) is 6.92 Å². The maximum absolute atomic E-state index is 12.3. The molecule has 0 amide bonds. The molecule has 2 N–H and O–H groups in total. The van der Waals surface area contributed by atoms with Gasteiger partial charge in [-0.25, -0.2) is 9.59 Å². The van der Waals surface area contributed by atoms with Crippen LogP contribution in [-0.2, 0) is 14.3 Å². The molecule has 156 valence electrons. The van der Waals surface area contributed by atoms with Crippen LogP contribution in [0.15, 0.2) is 48.6 Å². The number of aromatic nitrogens is 3. The second-order valence-corrected chi connectivity index (χ2v) is 6.82. The van der Waals surface area contributed by atoms with Crippen LogP contribution >= 0.6 is 0 Å². The smallest absolute Gasteiger partial charge is 0.338 e. The molecule has 9 heteroatoms. The van der Waals surface area contributed by atoms with Crippen molar-refractivity contribution >= 4 is 23.0 Å². The van der Waals surface area contributed by atoms with Crippen molar-refractivity contribution in [3.8, 4) is 11.4 Å². The summed E-state index contributed by atoms with van der Waals surface area (Å²) in [4.78, 5) is 24.9. The zero-order valence-corrected chi connectivity index (χ0v) is 16.5. The number of aryl methyl sites for hydroxylation is 1. The molecule has 0 radical (unpaired) electrons. The Bertz CT molecular complexity index is 1120. The molecule has 0 saturated carbocycles. The normalized spacial score (nSPS) is 11.8. The molecule has 3 rings (SSSR count). The number of rotatable bonds is 7. The average molecular weight is 411 g/mol. The third-order valence-corrected chi connectivity index (χ3v) is 4.12. The lowest BCUT2D eigenvalue weighted by molar-refractivity contribution is -0.142. The highest BCUT2D eigenvalue weighted by molar-refractivity contribution is 5.93. The van der Waals surface area contributed by atoms with E-state index >= 15 is 0 Å². The Morgan fingerprint density at radius 3 is 2.53 bits per heavy atom. The summed E-state index contributed by atoms with van der Waals surface area (Å²) < 4.78 is 9.86. The molecule has 0 aliphatic rings. The van der Waals surface area contributed by atoms with Gasteiger partial charge in [0, 0.05) is 5.57 Å². The summed E-state index contributed by atoms with van der Waals surface area (Å²) >= 11 is 0. The fourth-order valence-corrected chi connectivity index (χ4v) is 2.54. The van der Waals surface area contributed by atoms with Crippen molar-refractivity contribution < 1.29 is 29.3 Å². The molecule has 9 nitrogen and oxygen atoms in total. The minimum absolute atomic E-state index is 0.0295. The summed E-state index contributed by atoms with van der Waals surface area (Å²) in [5.74, 6) is -1.27. The lowest BCUT2D eigenvalue weighted by Crippen LogP contribution is -2.25. The predicted octanol–water partition coefficient (Wildman–Crippen LogP) is 2.07. The number of carbonyl (C=O) groups is 2. The quantitative estimate of drug-likeness (QED) is 0.447. The molecule has 0 aliphatic carbocycles. The number of hydrogen-bond acceptors (Lipinski definition) is 8. The molecule has 0 fully saturated rings. The summed E-state index contributed by atoms with van der Waals surface area (Å²) in [6.45, 7) is 6.15. The van der Waals surface area contributed by atoms with Gasteiger partial charge >= 0.3 is 11.9 Å². The Labute approximate surface area is 172 Å². The molecule has 3 aromatic rings. The highest BCUT2D eigenvalue weighted by atomic mass is 16.6. The van der Waals surface area contributed by atoms with E-state index in [1.165, 1.54) is 23.9 Å². The van der Waals surface area contributed by atoms with Gasteiger partial charge in [-0.3, -0.25) is 0 Å². The molecular formula is C21H21N3O6. The Balaban J connectivity index is 1.68. The van der Waals surface area contributed by atoms with E-state index < -0.39 is 18.0 Å². The van der Waals surface area contributed by atoms with Gasteiger partial charge < -0.3 is 19.7 Å². The second kappa shape index (κ2) is 8.75. The maximum atomic E-state index is 12.3. The van der Waals surface area contributed by atoms with Gasteiger partial charge in [0.2, 0.25) is 0 Å². The second-order valence-electron chi connectivity index (χ2n) is 6.82. The van der Waals surface area contributed by atoms with Crippen LogP contribution in [0.2, 0.25) is 0 Å². The van der Waals surface area contributed by atoms with E-state index in [2.05, 4.69) is 16.8 Å². The number of carbonyl (C=O) groups excluding carboxylic acids is 2. The van der Waals surface area contributed by atoms with Crippen LogP contribution in [0.3, 0.4) is 0 Å². The number of aliphatic hydroxyl groups is 1. The van der Waals surface area contributed by atoms with E-state index in [4.69, 9.17) is 9.47 Å². The summed E-state index contributed by atoms with van der Waals surface area (Å²) in [6, 6.07) is 9.69. The number of fused-ring (bicyclic) bond motifs is 1. The van der Waals surface area contributed by atoms with Crippen LogP contribution in [0.25, 0.3) is 16.7 Å².